The largest absolute Gasteiger partial charge is 0.457 e. The van der Waals surface area contributed by atoms with Crippen molar-refractivity contribution in [3.05, 3.63) is 36.0 Å². The molecule has 2 rings (SSSR count). The quantitative estimate of drug-likeness (QED) is 0.0195. The van der Waals surface area contributed by atoms with E-state index in [9.17, 15) is 9.59 Å². The third-order valence-electron chi connectivity index (χ3n) is 13.9. The molecule has 0 aromatic rings. The van der Waals surface area contributed by atoms with Crippen molar-refractivity contribution in [2.24, 2.45) is 11.8 Å². The zero-order chi connectivity index (χ0) is 47.6. The summed E-state index contributed by atoms with van der Waals surface area (Å²) in [5.74, 6) is -0.756. The Bertz CT molecular complexity index is 1430. The van der Waals surface area contributed by atoms with Gasteiger partial charge in [-0.25, -0.2) is 0 Å². The fraction of sp³-hybridized carbons (Fsp3) is 0.840. The van der Waals surface area contributed by atoms with E-state index in [2.05, 4.69) is 68.4 Å². The molecular weight excluding hydrogens is 833 g/mol. The van der Waals surface area contributed by atoms with E-state index in [0.29, 0.717) is 32.5 Å². The molecule has 2 heterocycles. The van der Waals surface area contributed by atoms with Crippen LogP contribution >= 0.6 is 0 Å². The second-order valence-electron chi connectivity index (χ2n) is 18.6. The number of carbonyl (C=O) groups is 2. The predicted octanol–water partition coefficient (Wildman–Crippen LogP) is 12.0. The van der Waals surface area contributed by atoms with Gasteiger partial charge in [0.25, 0.3) is 0 Å². The van der Waals surface area contributed by atoms with Gasteiger partial charge in [-0.2, -0.15) is 0 Å². The zero-order valence-corrected chi connectivity index (χ0v) is 44.8. The van der Waals surface area contributed by atoms with Crippen LogP contribution in [0.15, 0.2) is 36.0 Å². The number of rotatable bonds is 27. The van der Waals surface area contributed by atoms with Gasteiger partial charge in [-0.05, 0) is 116 Å². The molecule has 12 atom stereocenters. The zero-order valence-electron chi connectivity index (χ0n) is 42.8. The van der Waals surface area contributed by atoms with Gasteiger partial charge in [-0.1, -0.05) is 86.6 Å². The lowest BCUT2D eigenvalue weighted by atomic mass is 9.88. The lowest BCUT2D eigenvalue weighted by molar-refractivity contribution is -0.227. The number of cyclic esters (lactones) is 1. The van der Waals surface area contributed by atoms with Gasteiger partial charge < -0.3 is 42.0 Å². The highest BCUT2D eigenvalue weighted by atomic mass is 28.4. The van der Waals surface area contributed by atoms with Gasteiger partial charge in [0.15, 0.2) is 29.2 Å². The molecule has 0 bridgehead atoms. The molecule has 2 aliphatic rings. The first kappa shape index (κ1) is 57.4. The summed E-state index contributed by atoms with van der Waals surface area (Å²) in [6.45, 7) is 36.0. The van der Waals surface area contributed by atoms with Crippen LogP contribution in [-0.2, 0) is 51.6 Å². The van der Waals surface area contributed by atoms with E-state index in [1.54, 1.807) is 0 Å². The van der Waals surface area contributed by atoms with Crippen LogP contribution in [-0.4, -0.2) is 102 Å². The summed E-state index contributed by atoms with van der Waals surface area (Å²) in [5.41, 5.74) is -0.830. The highest BCUT2D eigenvalue weighted by Gasteiger charge is 2.50. The van der Waals surface area contributed by atoms with Crippen molar-refractivity contribution in [2.45, 2.75) is 246 Å². The minimum absolute atomic E-state index is 0.0195. The number of esters is 2. The second-order valence-corrected chi connectivity index (χ2v) is 28.0. The summed E-state index contributed by atoms with van der Waals surface area (Å²) in [4.78, 5) is 26.7. The molecule has 2 aliphatic heterocycles. The molecule has 0 radical (unpaired) electrons. The highest BCUT2D eigenvalue weighted by Crippen LogP contribution is 2.41. The molecule has 63 heavy (non-hydrogen) atoms. The Labute approximate surface area is 386 Å². The van der Waals surface area contributed by atoms with E-state index in [0.717, 1.165) is 48.3 Å². The van der Waals surface area contributed by atoms with Crippen LogP contribution in [0.4, 0.5) is 0 Å². The van der Waals surface area contributed by atoms with Gasteiger partial charge in [-0.3, -0.25) is 9.59 Å². The first-order chi connectivity index (χ1) is 29.7. The Morgan fingerprint density at radius 1 is 0.905 bits per heavy atom. The standard InChI is InChI=1S/C50H92O11Si2/c1-18-43(61-63(24-7,25-8)26-9)38(12)48-44(56-48)35-49(16,58-40(14)53-19-2)32-27-28-36(10)47-37(11)29-30-45(55-39(13)51)50(17,59-41(15)54-20-3)33-31-42(34-46(52)57-47)60-62(21-4,22-5)23-6/h27-30,32,37-38,40-45,47-48H,18-26,31,33-35H2,1-17H3. The normalized spacial score (nSPS) is 28.3. The van der Waals surface area contributed by atoms with Crippen molar-refractivity contribution in [1.29, 1.82) is 0 Å². The smallest absolute Gasteiger partial charge is 0.308 e. The molecule has 0 aromatic heterocycles. The van der Waals surface area contributed by atoms with Crippen molar-refractivity contribution in [3.8, 4) is 0 Å². The van der Waals surface area contributed by atoms with E-state index in [-0.39, 0.29) is 42.5 Å². The van der Waals surface area contributed by atoms with Gasteiger partial charge >= 0.3 is 11.9 Å². The van der Waals surface area contributed by atoms with Gasteiger partial charge in [-0.15, -0.1) is 0 Å². The third-order valence-corrected chi connectivity index (χ3v) is 23.3. The molecular formula is C50H92O11Si2. The Morgan fingerprint density at radius 2 is 1.49 bits per heavy atom. The molecule has 0 amide bonds. The maximum Gasteiger partial charge on any atom is 0.308 e. The van der Waals surface area contributed by atoms with Crippen LogP contribution in [0.1, 0.15) is 150 Å². The lowest BCUT2D eigenvalue weighted by Gasteiger charge is -2.40. The molecule has 1 saturated heterocycles. The van der Waals surface area contributed by atoms with Crippen molar-refractivity contribution in [3.63, 3.8) is 0 Å². The molecule has 0 saturated carbocycles. The van der Waals surface area contributed by atoms with Gasteiger partial charge in [0.1, 0.15) is 17.8 Å². The number of allylic oxidation sites excluding steroid dienone is 2. The fourth-order valence-corrected chi connectivity index (χ4v) is 15.3. The molecule has 366 valence electrons. The topological polar surface area (TPSA) is 121 Å². The Balaban J connectivity index is 2.55. The van der Waals surface area contributed by atoms with E-state index < -0.39 is 64.7 Å². The number of hydrogen-bond donors (Lipinski definition) is 0. The monoisotopic (exact) mass is 925 g/mol. The predicted molar refractivity (Wildman–Crippen MR) is 259 cm³/mol. The van der Waals surface area contributed by atoms with Crippen molar-refractivity contribution in [2.75, 3.05) is 13.2 Å². The molecule has 13 heteroatoms. The maximum atomic E-state index is 14.1. The van der Waals surface area contributed by atoms with Crippen molar-refractivity contribution in [1.82, 2.24) is 0 Å². The van der Waals surface area contributed by atoms with Crippen LogP contribution in [0.25, 0.3) is 0 Å². The van der Waals surface area contributed by atoms with Crippen LogP contribution in [0.5, 0.6) is 0 Å². The first-order valence-corrected chi connectivity index (χ1v) is 29.8. The van der Waals surface area contributed by atoms with Crippen LogP contribution < -0.4 is 0 Å². The van der Waals surface area contributed by atoms with Crippen LogP contribution in [0.3, 0.4) is 0 Å². The molecule has 0 aliphatic carbocycles. The Morgan fingerprint density at radius 3 is 2.03 bits per heavy atom. The average molecular weight is 925 g/mol. The molecule has 1 fully saturated rings. The first-order valence-electron chi connectivity index (χ1n) is 24.7. The second kappa shape index (κ2) is 27.2. The van der Waals surface area contributed by atoms with Crippen molar-refractivity contribution >= 4 is 28.6 Å². The molecule has 0 N–H and O–H groups in total. The van der Waals surface area contributed by atoms with E-state index in [4.69, 9.17) is 42.0 Å². The number of ether oxygens (including phenoxy) is 7. The minimum Gasteiger partial charge on any atom is -0.457 e. The minimum atomic E-state index is -2.13. The molecule has 12 unspecified atom stereocenters. The summed E-state index contributed by atoms with van der Waals surface area (Å²) >= 11 is 0. The highest BCUT2D eigenvalue weighted by molar-refractivity contribution is 6.74. The SMILES string of the molecule is CCOC(C)OC(C)(C=CC=C(C)C1OC(=O)CC(O[Si](CC)(CC)CC)CCC(C)(OC(C)OCC)C(OC(C)=O)C=CC1C)CC1OC1C(C)C(CC)O[Si](CC)(CC)CC. The van der Waals surface area contributed by atoms with Crippen LogP contribution in [0, 0.1) is 11.8 Å². The molecule has 0 spiro atoms. The molecule has 0 aromatic carbocycles. The summed E-state index contributed by atoms with van der Waals surface area (Å²) in [6, 6.07) is 6.20. The van der Waals surface area contributed by atoms with Gasteiger partial charge in [0.2, 0.25) is 0 Å². The summed E-state index contributed by atoms with van der Waals surface area (Å²) in [7, 11) is -3.91. The summed E-state index contributed by atoms with van der Waals surface area (Å²) in [6.07, 6.45) is 10.1. The van der Waals surface area contributed by atoms with E-state index >= 15 is 0 Å². The third kappa shape index (κ3) is 17.8. The van der Waals surface area contributed by atoms with E-state index in [1.165, 1.54) is 6.92 Å². The van der Waals surface area contributed by atoms with Gasteiger partial charge in [0, 0.05) is 44.5 Å². The summed E-state index contributed by atoms with van der Waals surface area (Å²) < 4.78 is 57.7. The maximum absolute atomic E-state index is 14.1. The Hall–Kier alpha value is -1.69. The van der Waals surface area contributed by atoms with E-state index in [1.807, 2.05) is 72.8 Å². The fourth-order valence-electron chi connectivity index (χ4n) is 9.41. The number of hydrogen-bond acceptors (Lipinski definition) is 11. The average Bonchev–Trinajstić information content (AvgIpc) is 4.00. The molecule has 11 nitrogen and oxygen atoms in total. The number of epoxide rings is 1. The Kier molecular flexibility index (Phi) is 24.8. The van der Waals surface area contributed by atoms with Crippen molar-refractivity contribution < 1.29 is 51.6 Å². The van der Waals surface area contributed by atoms with Gasteiger partial charge in [0.05, 0.1) is 30.3 Å². The lowest BCUT2D eigenvalue weighted by Crippen LogP contribution is -2.48. The summed E-state index contributed by atoms with van der Waals surface area (Å²) in [5, 5.41) is 0. The van der Waals surface area contributed by atoms with Crippen LogP contribution in [0.2, 0.25) is 36.3 Å². The number of carbonyl (C=O) groups excluding carboxylic acids is 2.